The summed E-state index contributed by atoms with van der Waals surface area (Å²) < 4.78 is 59.2. The van der Waals surface area contributed by atoms with Gasteiger partial charge >= 0.3 is 6.18 Å². The Balaban J connectivity index is 1.27. The van der Waals surface area contributed by atoms with Crippen molar-refractivity contribution in [3.8, 4) is 0 Å². The fraction of sp³-hybridized carbons (Fsp3) is 0.729. The molecule has 14 nitrogen and oxygen atoms in total. The second kappa shape index (κ2) is 20.2. The Morgan fingerprint density at radius 1 is 1.00 bits per heavy atom. The molecule has 0 aromatic heterocycles. The smallest absolute Gasteiger partial charge is 0.354 e. The van der Waals surface area contributed by atoms with Crippen LogP contribution in [0.3, 0.4) is 0 Å². The van der Waals surface area contributed by atoms with Crippen molar-refractivity contribution in [1.82, 2.24) is 36.0 Å². The molecule has 7 amide bonds. The number of aryl methyl sites for hydroxylation is 1. The van der Waals surface area contributed by atoms with Crippen molar-refractivity contribution in [3.05, 3.63) is 34.3 Å². The molecule has 0 unspecified atom stereocenters. The first-order chi connectivity index (χ1) is 31.3. The molecule has 2 aliphatic heterocycles. The van der Waals surface area contributed by atoms with E-state index < -0.39 is 132 Å². The molecule has 1 aromatic carbocycles. The summed E-state index contributed by atoms with van der Waals surface area (Å²) in [6.45, 7) is 9.80. The van der Waals surface area contributed by atoms with Crippen molar-refractivity contribution < 1.29 is 51.1 Å². The zero-order valence-electron chi connectivity index (χ0n) is 39.8. The van der Waals surface area contributed by atoms with Gasteiger partial charge in [-0.25, -0.2) is 4.39 Å². The molecule has 1 spiro atoms. The summed E-state index contributed by atoms with van der Waals surface area (Å²) in [5.41, 5.74) is -3.17. The van der Waals surface area contributed by atoms with Crippen LogP contribution < -0.4 is 21.3 Å². The van der Waals surface area contributed by atoms with Crippen molar-refractivity contribution in [2.45, 2.75) is 173 Å². The van der Waals surface area contributed by atoms with E-state index in [0.717, 1.165) is 12.0 Å². The van der Waals surface area contributed by atoms with E-state index >= 15 is 4.39 Å². The number of likely N-dealkylation sites (tertiary alicyclic amines) is 1. The van der Waals surface area contributed by atoms with Crippen LogP contribution in [-0.4, -0.2) is 131 Å². The molecule has 2 heterocycles. The summed E-state index contributed by atoms with van der Waals surface area (Å²) in [7, 11) is 1.45. The number of rotatable bonds is 11. The number of hydrogen-bond donors (Lipinski definition) is 4. The second-order valence-corrected chi connectivity index (χ2v) is 21.3. The maximum absolute atomic E-state index is 15.1. The lowest BCUT2D eigenvalue weighted by Gasteiger charge is -2.60. The zero-order valence-corrected chi connectivity index (χ0v) is 40.5. The summed E-state index contributed by atoms with van der Waals surface area (Å²) in [5.74, 6) is -5.77. The van der Waals surface area contributed by atoms with Crippen LogP contribution in [0.5, 0.6) is 0 Å². The molecule has 67 heavy (non-hydrogen) atoms. The number of likely N-dealkylation sites (N-methyl/N-ethyl adjacent to an activating group) is 2. The number of nitrogens with one attached hydrogen (secondary N) is 4. The average Bonchev–Trinajstić information content (AvgIpc) is 3.98. The van der Waals surface area contributed by atoms with E-state index in [-0.39, 0.29) is 38.3 Å². The van der Waals surface area contributed by atoms with Gasteiger partial charge in [0.1, 0.15) is 47.3 Å². The Morgan fingerprint density at radius 2 is 1.67 bits per heavy atom. The van der Waals surface area contributed by atoms with Crippen molar-refractivity contribution in [3.63, 3.8) is 0 Å². The maximum Gasteiger partial charge on any atom is 0.403 e. The van der Waals surface area contributed by atoms with Gasteiger partial charge in [-0.05, 0) is 132 Å². The summed E-state index contributed by atoms with van der Waals surface area (Å²) in [4.78, 5) is 103. The fourth-order valence-electron chi connectivity index (χ4n) is 10.6. The van der Waals surface area contributed by atoms with E-state index in [2.05, 4.69) is 21.3 Å². The highest BCUT2D eigenvalue weighted by Crippen LogP contribution is 2.69. The van der Waals surface area contributed by atoms with Gasteiger partial charge in [-0.15, -0.1) is 0 Å². The lowest BCUT2D eigenvalue weighted by Crippen LogP contribution is -2.66. The molecule has 372 valence electrons. The van der Waals surface area contributed by atoms with Gasteiger partial charge in [-0.2, -0.15) is 13.2 Å². The molecule has 0 radical (unpaired) electrons. The van der Waals surface area contributed by atoms with Crippen molar-refractivity contribution in [1.29, 1.82) is 0 Å². The van der Waals surface area contributed by atoms with Gasteiger partial charge in [0, 0.05) is 38.0 Å². The molecule has 3 saturated carbocycles. The third kappa shape index (κ3) is 11.2. The van der Waals surface area contributed by atoms with Gasteiger partial charge in [-0.1, -0.05) is 37.9 Å². The molecule has 6 atom stereocenters. The highest BCUT2D eigenvalue weighted by Gasteiger charge is 2.73. The standard InChI is InChI=1S/C48H68ClF4N7O7/c1-8-59(42(65)37(29-14-15-29)56-39(62)36-23-32(50)24-60(36)44(67)47(48(51,52)53)25-46(26-47)17-11-18-46)34-12-9-10-19-54-43(66)45(5,6)57-40(63)35(22-30-21-31(49)16-13-28(30)4)58(7)41(64)33(20-27(2)3)55-38(34)61/h13,16,21,27,29,32-37H,8-12,14-15,17-20,22-26H2,1-7H3,(H,54,66)(H,55,61)(H,56,62)(H,57,63)/t32-,33+,34+,35+,36+,37+/m1/s1. The van der Waals surface area contributed by atoms with Crippen LogP contribution in [0.2, 0.25) is 5.02 Å². The molecular weight excluding hydrogens is 898 g/mol. The molecular formula is C48H68ClF4N7O7. The molecule has 2 saturated heterocycles. The van der Waals surface area contributed by atoms with E-state index in [1.54, 1.807) is 39.0 Å². The fourth-order valence-corrected chi connectivity index (χ4v) is 10.8. The minimum Gasteiger partial charge on any atom is -0.354 e. The number of hydrogen-bond acceptors (Lipinski definition) is 7. The van der Waals surface area contributed by atoms with Crippen molar-refractivity contribution in [2.24, 2.45) is 22.7 Å². The maximum atomic E-state index is 15.1. The highest BCUT2D eigenvalue weighted by atomic mass is 35.5. The van der Waals surface area contributed by atoms with E-state index in [0.29, 0.717) is 54.0 Å². The largest absolute Gasteiger partial charge is 0.403 e. The summed E-state index contributed by atoms with van der Waals surface area (Å²) in [6.07, 6.45) is -4.08. The SMILES string of the molecule is CCN(C(=O)[C@@H](NC(=O)[C@@H]1C[C@@H](F)CN1C(=O)C1(C(F)(F)F)CC2(CCC2)C1)C1CC1)[C@H]1CCCCNC(=O)C(C)(C)NC(=O)[C@H](Cc2cc(Cl)ccc2C)N(C)C(=O)[C@H](CC(C)C)NC1=O. The second-order valence-electron chi connectivity index (χ2n) is 20.9. The van der Waals surface area contributed by atoms with Gasteiger partial charge < -0.3 is 36.0 Å². The molecule has 1 aromatic rings. The van der Waals surface area contributed by atoms with E-state index in [1.165, 1.54) is 16.8 Å². The topological polar surface area (TPSA) is 177 Å². The normalized spacial score (nSPS) is 27.3. The molecule has 5 aliphatic rings. The highest BCUT2D eigenvalue weighted by molar-refractivity contribution is 6.30. The average molecular weight is 967 g/mol. The van der Waals surface area contributed by atoms with Crippen molar-refractivity contribution in [2.75, 3.05) is 26.7 Å². The summed E-state index contributed by atoms with van der Waals surface area (Å²) in [5, 5.41) is 11.7. The predicted octanol–water partition coefficient (Wildman–Crippen LogP) is 5.31. The lowest BCUT2D eigenvalue weighted by molar-refractivity contribution is -0.285. The van der Waals surface area contributed by atoms with Crippen LogP contribution in [0.25, 0.3) is 0 Å². The summed E-state index contributed by atoms with van der Waals surface area (Å²) in [6, 6.07) is -1.14. The Hall–Kier alpha value is -4.48. The van der Waals surface area contributed by atoms with Gasteiger partial charge in [0.05, 0.1) is 6.54 Å². The third-order valence-corrected chi connectivity index (χ3v) is 15.1. The first kappa shape index (κ1) is 51.9. The van der Waals surface area contributed by atoms with Crippen LogP contribution in [0, 0.1) is 29.6 Å². The van der Waals surface area contributed by atoms with Gasteiger partial charge in [0.2, 0.25) is 41.4 Å². The Bertz CT molecular complexity index is 2070. The number of carbonyl (C=O) groups is 7. The van der Waals surface area contributed by atoms with Gasteiger partial charge in [0.15, 0.2) is 0 Å². The molecule has 19 heteroatoms. The monoisotopic (exact) mass is 965 g/mol. The van der Waals surface area contributed by atoms with Gasteiger partial charge in [-0.3, -0.25) is 33.6 Å². The van der Waals surface area contributed by atoms with Crippen molar-refractivity contribution >= 4 is 53.0 Å². The Morgan fingerprint density at radius 3 is 2.25 bits per heavy atom. The number of carbonyl (C=O) groups excluding carboxylic acids is 7. The first-order valence-electron chi connectivity index (χ1n) is 23.9. The van der Waals surface area contributed by atoms with E-state index in [1.807, 2.05) is 20.8 Å². The first-order valence-corrected chi connectivity index (χ1v) is 24.3. The number of nitrogens with zero attached hydrogens (tertiary/aromatic N) is 3. The predicted molar refractivity (Wildman–Crippen MR) is 242 cm³/mol. The Kier molecular flexibility index (Phi) is 15.7. The molecule has 5 fully saturated rings. The number of amides is 7. The molecule has 4 N–H and O–H groups in total. The Labute approximate surface area is 395 Å². The van der Waals surface area contributed by atoms with Crippen LogP contribution in [0.1, 0.15) is 123 Å². The number of alkyl halides is 4. The zero-order chi connectivity index (χ0) is 49.4. The van der Waals surface area contributed by atoms with Crippen LogP contribution in [-0.2, 0) is 40.0 Å². The van der Waals surface area contributed by atoms with Crippen LogP contribution >= 0.6 is 11.6 Å². The quantitative estimate of drug-likeness (QED) is 0.218. The van der Waals surface area contributed by atoms with Crippen LogP contribution in [0.15, 0.2) is 18.2 Å². The molecule has 3 aliphatic carbocycles. The summed E-state index contributed by atoms with van der Waals surface area (Å²) >= 11 is 6.35. The van der Waals surface area contributed by atoms with Gasteiger partial charge in [0.25, 0.3) is 0 Å². The van der Waals surface area contributed by atoms with E-state index in [9.17, 15) is 46.7 Å². The molecule has 0 bridgehead atoms. The molecule has 6 rings (SSSR count). The number of halogens is 5. The minimum absolute atomic E-state index is 0.0260. The number of benzene rings is 1. The van der Waals surface area contributed by atoms with E-state index in [4.69, 9.17) is 11.6 Å². The lowest BCUT2D eigenvalue weighted by atomic mass is 9.44. The van der Waals surface area contributed by atoms with Crippen LogP contribution in [0.4, 0.5) is 17.6 Å². The minimum atomic E-state index is -4.90. The third-order valence-electron chi connectivity index (χ3n) is 14.9.